The Morgan fingerprint density at radius 1 is 0.956 bits per heavy atom. The Kier molecular flexibility index (Phi) is 10.8. The highest BCUT2D eigenvalue weighted by Gasteiger charge is 2.61. The van der Waals surface area contributed by atoms with Crippen LogP contribution in [0.2, 0.25) is 0 Å². The summed E-state index contributed by atoms with van der Waals surface area (Å²) >= 11 is 0. The Morgan fingerprint density at radius 2 is 1.67 bits per heavy atom. The van der Waals surface area contributed by atoms with E-state index < -0.39 is 5.97 Å². The second-order valence-corrected chi connectivity index (χ2v) is 14.8. The largest absolute Gasteiger partial charge is 0.463 e. The molecule has 8 heteroatoms. The van der Waals surface area contributed by atoms with Gasteiger partial charge in [-0.25, -0.2) is 14.5 Å². The van der Waals surface area contributed by atoms with Crippen LogP contribution in [0.3, 0.4) is 0 Å². The Hall–Kier alpha value is -2.19. The molecule has 2 radical (unpaired) electrons. The number of rotatable bonds is 7. The van der Waals surface area contributed by atoms with E-state index in [1.165, 1.54) is 63.5 Å². The summed E-state index contributed by atoms with van der Waals surface area (Å²) in [6.45, 7) is 10.9. The molecule has 1 heterocycles. The molecule has 0 bridgehead atoms. The first kappa shape index (κ1) is 34.2. The molecule has 1 aliphatic heterocycles. The summed E-state index contributed by atoms with van der Waals surface area (Å²) < 4.78 is 28.6. The van der Waals surface area contributed by atoms with E-state index in [0.29, 0.717) is 28.5 Å². The summed E-state index contributed by atoms with van der Waals surface area (Å²) in [6, 6.07) is 7.94. The van der Waals surface area contributed by atoms with E-state index in [1.54, 1.807) is 25.1 Å². The van der Waals surface area contributed by atoms with E-state index in [9.17, 15) is 14.1 Å². The van der Waals surface area contributed by atoms with Crippen molar-refractivity contribution in [1.29, 1.82) is 0 Å². The van der Waals surface area contributed by atoms with Crippen LogP contribution >= 0.6 is 0 Å². The smallest absolute Gasteiger partial charge is 0.379 e. The zero-order valence-electron chi connectivity index (χ0n) is 27.8. The first-order valence-electron chi connectivity index (χ1n) is 17.3. The van der Waals surface area contributed by atoms with Crippen molar-refractivity contribution in [2.75, 3.05) is 19.8 Å². The van der Waals surface area contributed by atoms with Gasteiger partial charge < -0.3 is 14.2 Å². The highest BCUT2D eigenvalue weighted by molar-refractivity contribution is 6.24. The normalized spacial score (nSPS) is 35.2. The summed E-state index contributed by atoms with van der Waals surface area (Å²) in [6.07, 6.45) is 14.9. The van der Waals surface area contributed by atoms with Crippen molar-refractivity contribution in [2.24, 2.45) is 40.4 Å². The molecule has 6 nitrogen and oxygen atoms in total. The van der Waals surface area contributed by atoms with Gasteiger partial charge in [-0.1, -0.05) is 38.5 Å². The minimum Gasteiger partial charge on any atom is -0.463 e. The topological polar surface area (TPSA) is 71.1 Å². The van der Waals surface area contributed by atoms with Gasteiger partial charge in [0.15, 0.2) is 5.79 Å². The van der Waals surface area contributed by atoms with Gasteiger partial charge in [0, 0.05) is 22.9 Å². The van der Waals surface area contributed by atoms with Crippen LogP contribution in [0.1, 0.15) is 115 Å². The van der Waals surface area contributed by atoms with E-state index in [4.69, 9.17) is 22.1 Å². The Morgan fingerprint density at radius 3 is 2.36 bits per heavy atom. The molecule has 5 aliphatic rings. The minimum absolute atomic E-state index is 0.213. The molecule has 5 fully saturated rings. The van der Waals surface area contributed by atoms with E-state index in [-0.39, 0.29) is 17.3 Å². The van der Waals surface area contributed by atoms with Gasteiger partial charge in [-0.15, -0.1) is 5.47 Å². The molecule has 246 valence electrons. The number of carbonyl (C=O) groups is 2. The number of ether oxygens (including phenoxy) is 3. The van der Waals surface area contributed by atoms with Crippen molar-refractivity contribution < 1.29 is 33.3 Å². The van der Waals surface area contributed by atoms with Gasteiger partial charge in [0.05, 0.1) is 25.4 Å². The molecular weight excluding hydrogens is 570 g/mol. The third-order valence-corrected chi connectivity index (χ3v) is 12.8. The third-order valence-electron chi connectivity index (χ3n) is 12.8. The van der Waals surface area contributed by atoms with Crippen molar-refractivity contribution in [3.05, 3.63) is 46.9 Å². The van der Waals surface area contributed by atoms with Gasteiger partial charge in [0.2, 0.25) is 0 Å². The predicted octanol–water partition coefficient (Wildman–Crippen LogP) is 8.29. The first-order chi connectivity index (χ1) is 21.6. The standard InChI is InChI=1S/C30H47BO4.C7H5FO2/c1-5-33-27(32)20(2)26(31)8-6-7-21-10-12-24-23-11-9-22-19-30(34-17-18-35-30)16-15-29(22,4)25(23)13-14-28(21,24)3;8-10-7(9)6-4-2-1-3-5-6/h21-25H,5-19H2,1-4H3;1-5H/b26-20-;. The predicted molar refractivity (Wildman–Crippen MR) is 172 cm³/mol. The van der Waals surface area contributed by atoms with E-state index >= 15 is 0 Å². The van der Waals surface area contributed by atoms with Gasteiger partial charge in [0.1, 0.15) is 7.85 Å². The van der Waals surface area contributed by atoms with E-state index in [0.717, 1.165) is 68.5 Å². The maximum Gasteiger partial charge on any atom is 0.379 e. The molecule has 7 unspecified atom stereocenters. The molecule has 1 saturated heterocycles. The highest BCUT2D eigenvalue weighted by atomic mass is 19.3. The number of halogens is 1. The second-order valence-electron chi connectivity index (χ2n) is 14.8. The summed E-state index contributed by atoms with van der Waals surface area (Å²) in [4.78, 5) is 25.4. The summed E-state index contributed by atoms with van der Waals surface area (Å²) in [5, 5.41) is 0. The van der Waals surface area contributed by atoms with Crippen molar-refractivity contribution in [1.82, 2.24) is 0 Å². The van der Waals surface area contributed by atoms with Crippen LogP contribution in [-0.2, 0) is 23.9 Å². The quantitative estimate of drug-likeness (QED) is 0.173. The number of esters is 1. The molecule has 0 aromatic heterocycles. The number of hydrogen-bond donors (Lipinski definition) is 0. The fourth-order valence-corrected chi connectivity index (χ4v) is 10.3. The molecule has 1 spiro atoms. The molecule has 1 aromatic rings. The van der Waals surface area contributed by atoms with Crippen LogP contribution < -0.4 is 0 Å². The average molecular weight is 623 g/mol. The second kappa shape index (κ2) is 14.3. The van der Waals surface area contributed by atoms with Crippen LogP contribution in [0, 0.1) is 40.4 Å². The Balaban J connectivity index is 0.000000342. The molecule has 7 atom stereocenters. The van der Waals surface area contributed by atoms with Gasteiger partial charge in [-0.05, 0) is 124 Å². The minimum atomic E-state index is -0.958. The van der Waals surface area contributed by atoms with Crippen LogP contribution in [0.5, 0.6) is 0 Å². The molecule has 1 aromatic carbocycles. The first-order valence-corrected chi connectivity index (χ1v) is 17.3. The molecular formula is C37H52BFO6. The third kappa shape index (κ3) is 6.93. The summed E-state index contributed by atoms with van der Waals surface area (Å²) in [5.41, 5.74) is 2.46. The molecule has 6 rings (SSSR count). The monoisotopic (exact) mass is 622 g/mol. The van der Waals surface area contributed by atoms with Crippen LogP contribution in [-0.4, -0.2) is 45.4 Å². The van der Waals surface area contributed by atoms with Gasteiger partial charge in [0.25, 0.3) is 0 Å². The molecule has 0 amide bonds. The number of fused-ring (bicyclic) bond motifs is 5. The fraction of sp³-hybridized carbons (Fsp3) is 0.730. The maximum absolute atomic E-state index is 12.0. The Bertz CT molecular complexity index is 1210. The zero-order valence-corrected chi connectivity index (χ0v) is 27.8. The zero-order chi connectivity index (χ0) is 32.2. The van der Waals surface area contributed by atoms with Crippen molar-refractivity contribution in [3.63, 3.8) is 0 Å². The molecule has 45 heavy (non-hydrogen) atoms. The number of allylic oxidation sites excluding steroid dienone is 1. The summed E-state index contributed by atoms with van der Waals surface area (Å²) in [5.74, 6) is 2.74. The van der Waals surface area contributed by atoms with E-state index in [1.807, 2.05) is 6.92 Å². The van der Waals surface area contributed by atoms with Crippen LogP contribution in [0.4, 0.5) is 4.53 Å². The number of carbonyl (C=O) groups excluding carboxylic acids is 2. The lowest BCUT2D eigenvalue weighted by Gasteiger charge is -2.62. The van der Waals surface area contributed by atoms with Crippen LogP contribution in [0.15, 0.2) is 41.4 Å². The SMILES string of the molecule is O=C(OF)c1ccccc1.[B]/C(CCCC1CCC2C3CCC4CC5(CCC4(C)C3CCC12C)OCCO5)=C(/C)C(=O)OCC. The lowest BCUT2D eigenvalue weighted by molar-refractivity contribution is -0.229. The van der Waals surface area contributed by atoms with Crippen molar-refractivity contribution in [3.8, 4) is 0 Å². The van der Waals surface area contributed by atoms with Gasteiger partial charge in [-0.3, -0.25) is 0 Å². The van der Waals surface area contributed by atoms with Gasteiger partial charge >= 0.3 is 11.9 Å². The van der Waals surface area contributed by atoms with Crippen molar-refractivity contribution in [2.45, 2.75) is 111 Å². The Labute approximate surface area is 270 Å². The highest BCUT2D eigenvalue weighted by Crippen LogP contribution is 2.68. The fourth-order valence-electron chi connectivity index (χ4n) is 10.3. The molecule has 0 N–H and O–H groups in total. The molecule has 4 saturated carbocycles. The summed E-state index contributed by atoms with van der Waals surface area (Å²) in [7, 11) is 6.27. The van der Waals surface area contributed by atoms with Crippen molar-refractivity contribution >= 4 is 19.8 Å². The maximum atomic E-state index is 12.0. The van der Waals surface area contributed by atoms with Gasteiger partial charge in [-0.2, -0.15) is 0 Å². The lowest BCUT2D eigenvalue weighted by Crippen LogP contribution is -2.56. The average Bonchev–Trinajstić information content (AvgIpc) is 3.65. The number of hydrogen-bond acceptors (Lipinski definition) is 6. The molecule has 4 aliphatic carbocycles. The number of benzene rings is 1. The van der Waals surface area contributed by atoms with Crippen LogP contribution in [0.25, 0.3) is 0 Å². The van der Waals surface area contributed by atoms with E-state index in [2.05, 4.69) is 18.8 Å². The lowest BCUT2D eigenvalue weighted by atomic mass is 9.44.